The molecule has 0 bridgehead atoms. The second kappa shape index (κ2) is 19.7. The number of aromatic amines is 1. The summed E-state index contributed by atoms with van der Waals surface area (Å²) in [4.78, 5) is 14.0. The first-order valence-electron chi connectivity index (χ1n) is 19.2. The highest BCUT2D eigenvalue weighted by atomic mass is 32.1. The largest absolute Gasteiger partial charge is 0.346 e. The predicted molar refractivity (Wildman–Crippen MR) is 217 cm³/mol. The monoisotopic (exact) mass is 672 g/mol. The SMILES string of the molecule is C=C(C)CCC1CCN(CCc2c(-c3cc(C)cc(C)c3)[nH]c3sc(C(C)(C)C(=C)N=CCCC4CC4)cc23)C1.CCCC.CCCC. The molecule has 2 fully saturated rings. The van der Waals surface area contributed by atoms with Crippen molar-refractivity contribution in [2.45, 2.75) is 145 Å². The van der Waals surface area contributed by atoms with E-state index in [-0.39, 0.29) is 5.41 Å². The molecule has 1 N–H and O–H groups in total. The number of likely N-dealkylation sites (tertiary alicyclic amines) is 1. The number of H-pyrrole nitrogens is 1. The summed E-state index contributed by atoms with van der Waals surface area (Å²) in [6.45, 7) is 31.9. The lowest BCUT2D eigenvalue weighted by molar-refractivity contribution is 0.325. The molecule has 0 amide bonds. The van der Waals surface area contributed by atoms with Crippen molar-refractivity contribution >= 4 is 27.8 Å². The number of hydrogen-bond donors (Lipinski definition) is 1. The van der Waals surface area contributed by atoms with Gasteiger partial charge in [-0.2, -0.15) is 0 Å². The van der Waals surface area contributed by atoms with Crippen LogP contribution in [0.4, 0.5) is 0 Å². The van der Waals surface area contributed by atoms with E-state index < -0.39 is 0 Å². The third-order valence-corrected chi connectivity index (χ3v) is 11.5. The molecule has 1 unspecified atom stereocenters. The molecule has 1 saturated carbocycles. The van der Waals surface area contributed by atoms with Crippen molar-refractivity contribution in [2.75, 3.05) is 19.6 Å². The average Bonchev–Trinajstić information content (AvgIpc) is 3.44. The molecule has 4 heteroatoms. The van der Waals surface area contributed by atoms with E-state index in [1.54, 1.807) is 0 Å². The highest BCUT2D eigenvalue weighted by Crippen LogP contribution is 2.43. The summed E-state index contributed by atoms with van der Waals surface area (Å²) in [5.74, 6) is 1.75. The van der Waals surface area contributed by atoms with Crippen molar-refractivity contribution in [3.63, 3.8) is 0 Å². The maximum atomic E-state index is 4.82. The highest BCUT2D eigenvalue weighted by Gasteiger charge is 2.29. The summed E-state index contributed by atoms with van der Waals surface area (Å²) >= 11 is 1.88. The van der Waals surface area contributed by atoms with E-state index in [0.717, 1.165) is 43.3 Å². The van der Waals surface area contributed by atoms with Crippen LogP contribution in [0, 0.1) is 25.7 Å². The fraction of sp³-hybridized carbons (Fsp3) is 0.614. The summed E-state index contributed by atoms with van der Waals surface area (Å²) < 4.78 is 0. The van der Waals surface area contributed by atoms with E-state index in [1.807, 2.05) is 11.3 Å². The third-order valence-electron chi connectivity index (χ3n) is 10.1. The molecule has 5 rings (SSSR count). The average molecular weight is 672 g/mol. The molecule has 2 aromatic heterocycles. The predicted octanol–water partition coefficient (Wildman–Crippen LogP) is 13.4. The Hall–Kier alpha value is -2.43. The molecule has 1 saturated heterocycles. The van der Waals surface area contributed by atoms with Gasteiger partial charge in [-0.25, -0.2) is 0 Å². The van der Waals surface area contributed by atoms with Crippen LogP contribution in [0.1, 0.15) is 141 Å². The summed E-state index contributed by atoms with van der Waals surface area (Å²) in [6.07, 6.45) is 17.4. The van der Waals surface area contributed by atoms with Crippen molar-refractivity contribution < 1.29 is 0 Å². The third kappa shape index (κ3) is 12.2. The fourth-order valence-corrected chi connectivity index (χ4v) is 7.45. The Bertz CT molecular complexity index is 1440. The van der Waals surface area contributed by atoms with Gasteiger partial charge < -0.3 is 9.88 Å². The van der Waals surface area contributed by atoms with Crippen molar-refractivity contribution in [2.24, 2.45) is 16.8 Å². The van der Waals surface area contributed by atoms with Crippen LogP contribution < -0.4 is 0 Å². The maximum absolute atomic E-state index is 4.82. The van der Waals surface area contributed by atoms with E-state index in [0.29, 0.717) is 0 Å². The number of aromatic nitrogens is 1. The van der Waals surface area contributed by atoms with Crippen LogP contribution in [-0.2, 0) is 11.8 Å². The number of allylic oxidation sites excluding steroid dienone is 2. The molecule has 48 heavy (non-hydrogen) atoms. The van der Waals surface area contributed by atoms with Crippen molar-refractivity contribution in [1.82, 2.24) is 9.88 Å². The first-order chi connectivity index (χ1) is 22.9. The molecule has 3 nitrogen and oxygen atoms in total. The lowest BCUT2D eigenvalue weighted by Gasteiger charge is -2.23. The summed E-state index contributed by atoms with van der Waals surface area (Å²) in [5.41, 5.74) is 8.78. The number of aryl methyl sites for hydroxylation is 2. The number of aliphatic imine (C=N–C) groups is 1. The molecule has 1 aromatic carbocycles. The minimum atomic E-state index is -0.191. The number of nitrogens with zero attached hydrogens (tertiary/aromatic N) is 2. The van der Waals surface area contributed by atoms with Crippen molar-refractivity contribution in [1.29, 1.82) is 0 Å². The van der Waals surface area contributed by atoms with Crippen molar-refractivity contribution in [3.05, 3.63) is 70.3 Å². The van der Waals surface area contributed by atoms with Gasteiger partial charge in [-0.05, 0) is 121 Å². The number of thiophene rings is 1. The van der Waals surface area contributed by atoms with E-state index in [1.165, 1.54) is 119 Å². The first kappa shape index (κ1) is 40.0. The quantitative estimate of drug-likeness (QED) is 0.127. The number of fused-ring (bicyclic) bond motifs is 1. The number of nitrogens with one attached hydrogen (secondary N) is 1. The molecule has 1 aliphatic heterocycles. The van der Waals surface area contributed by atoms with E-state index >= 15 is 0 Å². The Morgan fingerprint density at radius 2 is 1.58 bits per heavy atom. The molecule has 0 spiro atoms. The molecule has 0 radical (unpaired) electrons. The Labute approximate surface area is 299 Å². The second-order valence-corrected chi connectivity index (χ2v) is 16.4. The van der Waals surface area contributed by atoms with E-state index in [4.69, 9.17) is 4.99 Å². The van der Waals surface area contributed by atoms with Crippen LogP contribution in [0.25, 0.3) is 21.5 Å². The van der Waals surface area contributed by atoms with Gasteiger partial charge in [0.15, 0.2) is 0 Å². The lowest BCUT2D eigenvalue weighted by atomic mass is 9.87. The van der Waals surface area contributed by atoms with Crippen LogP contribution >= 0.6 is 11.3 Å². The number of benzene rings is 1. The maximum Gasteiger partial charge on any atom is 0.101 e. The minimum Gasteiger partial charge on any atom is -0.346 e. The molecule has 3 heterocycles. The van der Waals surface area contributed by atoms with Gasteiger partial charge in [-0.1, -0.05) is 95.6 Å². The Balaban J connectivity index is 0.000000705. The molecule has 2 aliphatic rings. The Kier molecular flexibility index (Phi) is 16.4. The Morgan fingerprint density at radius 3 is 2.17 bits per heavy atom. The van der Waals surface area contributed by atoms with Gasteiger partial charge in [0.05, 0.1) is 5.69 Å². The molecule has 1 atom stereocenters. The highest BCUT2D eigenvalue weighted by molar-refractivity contribution is 7.18. The van der Waals surface area contributed by atoms with E-state index in [2.05, 4.69) is 116 Å². The van der Waals surface area contributed by atoms with Gasteiger partial charge in [-0.15, -0.1) is 17.9 Å². The van der Waals surface area contributed by atoms with Gasteiger partial charge in [0.2, 0.25) is 0 Å². The molecule has 3 aromatic rings. The van der Waals surface area contributed by atoms with Gasteiger partial charge in [-0.3, -0.25) is 4.99 Å². The number of hydrogen-bond acceptors (Lipinski definition) is 3. The lowest BCUT2D eigenvalue weighted by Crippen LogP contribution is -2.23. The van der Waals surface area contributed by atoms with Crippen LogP contribution in [0.2, 0.25) is 0 Å². The van der Waals surface area contributed by atoms with Crippen LogP contribution in [0.3, 0.4) is 0 Å². The molecule has 1 aliphatic carbocycles. The van der Waals surface area contributed by atoms with Crippen LogP contribution in [0.15, 0.2) is 53.7 Å². The first-order valence-corrected chi connectivity index (χ1v) is 20.1. The number of unbranched alkanes of at least 4 members (excludes halogenated alkanes) is 2. The van der Waals surface area contributed by atoms with Gasteiger partial charge in [0.1, 0.15) is 4.83 Å². The molecular weight excluding hydrogens is 603 g/mol. The van der Waals surface area contributed by atoms with Gasteiger partial charge in [0, 0.05) is 40.7 Å². The standard InChI is InChI=1S/C36H49N3S.2C4H10/c1-24(2)10-11-29-14-17-39(23-29)18-15-31-32-22-33(36(6,7)27(5)37-16-8-9-28-12-13-28)40-35(32)38-34(31)30-20-25(3)19-26(4)21-30;2*1-3-4-2/h16,19-22,28-29,38H,1,5,8-15,17-18,23H2,2-4,6-7H3;2*3-4H2,1-2H3. The molecular formula is C44H69N3S. The smallest absolute Gasteiger partial charge is 0.101 e. The molecule has 266 valence electrons. The topological polar surface area (TPSA) is 31.4 Å². The number of rotatable bonds is 15. The second-order valence-electron chi connectivity index (χ2n) is 15.3. The minimum absolute atomic E-state index is 0.191. The zero-order valence-corrected chi connectivity index (χ0v) is 33.2. The summed E-state index contributed by atoms with van der Waals surface area (Å²) in [6, 6.07) is 9.36. The van der Waals surface area contributed by atoms with Crippen LogP contribution in [-0.4, -0.2) is 35.7 Å². The van der Waals surface area contributed by atoms with Gasteiger partial charge >= 0.3 is 0 Å². The van der Waals surface area contributed by atoms with Crippen LogP contribution in [0.5, 0.6) is 0 Å². The zero-order chi connectivity index (χ0) is 35.3. The summed E-state index contributed by atoms with van der Waals surface area (Å²) in [7, 11) is 0. The van der Waals surface area contributed by atoms with Gasteiger partial charge in [0.25, 0.3) is 0 Å². The van der Waals surface area contributed by atoms with Crippen molar-refractivity contribution in [3.8, 4) is 11.3 Å². The van der Waals surface area contributed by atoms with E-state index in [9.17, 15) is 0 Å². The fourth-order valence-electron chi connectivity index (χ4n) is 6.23. The normalized spacial score (nSPS) is 16.6. The summed E-state index contributed by atoms with van der Waals surface area (Å²) in [5, 5.41) is 1.38. The Morgan fingerprint density at radius 1 is 0.938 bits per heavy atom. The zero-order valence-electron chi connectivity index (χ0n) is 32.4.